The Balaban J connectivity index is 2.52. The van der Waals surface area contributed by atoms with Gasteiger partial charge in [-0.25, -0.2) is 5.06 Å². The number of hydroxylamine groups is 2. The Morgan fingerprint density at radius 1 is 1.64 bits per heavy atom. The number of carbonyl (C=O) groups is 1. The maximum absolute atomic E-state index is 11.4. The van der Waals surface area contributed by atoms with Gasteiger partial charge in [0, 0.05) is 20.1 Å². The first kappa shape index (κ1) is 8.49. The average Bonchev–Trinajstić information content (AvgIpc) is 1.97. The zero-order chi connectivity index (χ0) is 8.48. The van der Waals surface area contributed by atoms with Crippen molar-refractivity contribution in [2.75, 3.05) is 27.2 Å². The Bertz CT molecular complexity index is 166. The van der Waals surface area contributed by atoms with Crippen molar-refractivity contribution in [3.8, 4) is 0 Å². The van der Waals surface area contributed by atoms with Crippen molar-refractivity contribution in [1.82, 2.24) is 10.4 Å². The zero-order valence-corrected chi connectivity index (χ0v) is 7.18. The number of hydrogen-bond donors (Lipinski definition) is 1. The SMILES string of the molecule is CON(C)C(=O)C1(C)CNC1. The van der Waals surface area contributed by atoms with E-state index < -0.39 is 0 Å². The van der Waals surface area contributed by atoms with Crippen LogP contribution >= 0.6 is 0 Å². The van der Waals surface area contributed by atoms with Gasteiger partial charge in [0.1, 0.15) is 0 Å². The molecule has 1 aliphatic rings. The molecule has 0 radical (unpaired) electrons. The molecular weight excluding hydrogens is 144 g/mol. The first-order chi connectivity index (χ1) is 5.10. The van der Waals surface area contributed by atoms with Crippen LogP contribution in [0.4, 0.5) is 0 Å². The molecule has 1 amide bonds. The molecule has 1 saturated heterocycles. The van der Waals surface area contributed by atoms with Gasteiger partial charge in [0.05, 0.1) is 12.5 Å². The third kappa shape index (κ3) is 1.36. The molecule has 0 aromatic carbocycles. The van der Waals surface area contributed by atoms with Gasteiger partial charge in [0.25, 0.3) is 5.91 Å². The zero-order valence-electron chi connectivity index (χ0n) is 7.18. The lowest BCUT2D eigenvalue weighted by molar-refractivity contribution is -0.182. The maximum Gasteiger partial charge on any atom is 0.254 e. The van der Waals surface area contributed by atoms with Crippen molar-refractivity contribution in [3.63, 3.8) is 0 Å². The molecule has 11 heavy (non-hydrogen) atoms. The summed E-state index contributed by atoms with van der Waals surface area (Å²) < 4.78 is 0. The van der Waals surface area contributed by atoms with E-state index >= 15 is 0 Å². The fourth-order valence-electron chi connectivity index (χ4n) is 1.11. The summed E-state index contributed by atoms with van der Waals surface area (Å²) in [6.45, 7) is 3.43. The molecule has 0 atom stereocenters. The van der Waals surface area contributed by atoms with E-state index in [4.69, 9.17) is 4.84 Å². The smallest absolute Gasteiger partial charge is 0.254 e. The number of hydrogen-bond acceptors (Lipinski definition) is 3. The lowest BCUT2D eigenvalue weighted by Gasteiger charge is -2.39. The molecule has 0 aromatic rings. The van der Waals surface area contributed by atoms with Crippen LogP contribution in [0.5, 0.6) is 0 Å². The van der Waals surface area contributed by atoms with E-state index in [1.807, 2.05) is 6.92 Å². The van der Waals surface area contributed by atoms with Crippen LogP contribution < -0.4 is 5.32 Å². The molecule has 0 unspecified atom stereocenters. The van der Waals surface area contributed by atoms with Gasteiger partial charge in [-0.2, -0.15) is 0 Å². The highest BCUT2D eigenvalue weighted by Gasteiger charge is 2.41. The predicted octanol–water partition coefficient (Wildman–Crippen LogP) is -0.384. The Kier molecular flexibility index (Phi) is 2.15. The highest BCUT2D eigenvalue weighted by Crippen LogP contribution is 2.23. The minimum atomic E-state index is -0.245. The molecule has 0 aromatic heterocycles. The van der Waals surface area contributed by atoms with Gasteiger partial charge in [-0.1, -0.05) is 0 Å². The second kappa shape index (κ2) is 2.79. The molecule has 0 bridgehead atoms. The van der Waals surface area contributed by atoms with Gasteiger partial charge in [0.15, 0.2) is 0 Å². The monoisotopic (exact) mass is 158 g/mol. The van der Waals surface area contributed by atoms with Gasteiger partial charge in [-0.05, 0) is 6.92 Å². The summed E-state index contributed by atoms with van der Waals surface area (Å²) in [5.74, 6) is 0.0405. The van der Waals surface area contributed by atoms with Crippen LogP contribution in [0.25, 0.3) is 0 Å². The van der Waals surface area contributed by atoms with Gasteiger partial charge in [-0.15, -0.1) is 0 Å². The normalized spacial score (nSPS) is 20.6. The largest absolute Gasteiger partial charge is 0.315 e. The van der Waals surface area contributed by atoms with Crippen molar-refractivity contribution < 1.29 is 9.63 Å². The second-order valence-corrected chi connectivity index (χ2v) is 3.15. The lowest BCUT2D eigenvalue weighted by Crippen LogP contribution is -2.59. The summed E-state index contributed by atoms with van der Waals surface area (Å²) in [4.78, 5) is 16.2. The summed E-state index contributed by atoms with van der Waals surface area (Å²) in [6.07, 6.45) is 0. The number of nitrogens with one attached hydrogen (secondary N) is 1. The molecule has 0 aliphatic carbocycles. The molecule has 1 heterocycles. The molecule has 64 valence electrons. The minimum absolute atomic E-state index is 0.0405. The van der Waals surface area contributed by atoms with E-state index in [0.29, 0.717) is 0 Å². The molecule has 1 rings (SSSR count). The third-order valence-electron chi connectivity index (χ3n) is 2.11. The van der Waals surface area contributed by atoms with Crippen LogP contribution in [0.1, 0.15) is 6.92 Å². The minimum Gasteiger partial charge on any atom is -0.315 e. The molecule has 1 fully saturated rings. The molecule has 1 aliphatic heterocycles. The first-order valence-corrected chi connectivity index (χ1v) is 3.63. The van der Waals surface area contributed by atoms with Crippen molar-refractivity contribution in [3.05, 3.63) is 0 Å². The summed E-state index contributed by atoms with van der Waals surface area (Å²) in [6, 6.07) is 0. The number of rotatable bonds is 2. The molecule has 0 spiro atoms. The molecular formula is C7H14N2O2. The van der Waals surface area contributed by atoms with Gasteiger partial charge in [0.2, 0.25) is 0 Å². The molecule has 0 saturated carbocycles. The standard InChI is InChI=1S/C7H14N2O2/c1-7(4-8-5-7)6(10)9(2)11-3/h8H,4-5H2,1-3H3. The van der Waals surface area contributed by atoms with Crippen LogP contribution in [-0.4, -0.2) is 38.2 Å². The van der Waals surface area contributed by atoms with E-state index in [-0.39, 0.29) is 11.3 Å². The third-order valence-corrected chi connectivity index (χ3v) is 2.11. The number of amides is 1. The number of carbonyl (C=O) groups excluding carboxylic acids is 1. The Morgan fingerprint density at radius 3 is 2.45 bits per heavy atom. The van der Waals surface area contributed by atoms with Crippen LogP contribution in [0.2, 0.25) is 0 Å². The van der Waals surface area contributed by atoms with Crippen LogP contribution in [-0.2, 0) is 9.63 Å². The number of nitrogens with zero attached hydrogens (tertiary/aromatic N) is 1. The second-order valence-electron chi connectivity index (χ2n) is 3.15. The summed E-state index contributed by atoms with van der Waals surface area (Å²) in [7, 11) is 3.12. The van der Waals surface area contributed by atoms with Crippen molar-refractivity contribution in [2.24, 2.45) is 5.41 Å². The highest BCUT2D eigenvalue weighted by atomic mass is 16.7. The van der Waals surface area contributed by atoms with E-state index in [1.54, 1.807) is 7.05 Å². The Morgan fingerprint density at radius 2 is 2.18 bits per heavy atom. The van der Waals surface area contributed by atoms with Crippen LogP contribution in [0, 0.1) is 5.41 Å². The maximum atomic E-state index is 11.4. The summed E-state index contributed by atoms with van der Waals surface area (Å²) in [5.41, 5.74) is -0.245. The van der Waals surface area contributed by atoms with E-state index in [2.05, 4.69) is 5.32 Å². The van der Waals surface area contributed by atoms with Crippen molar-refractivity contribution in [2.45, 2.75) is 6.92 Å². The topological polar surface area (TPSA) is 41.6 Å². The Hall–Kier alpha value is -0.610. The van der Waals surface area contributed by atoms with Crippen molar-refractivity contribution >= 4 is 5.91 Å². The fourth-order valence-corrected chi connectivity index (χ4v) is 1.11. The van der Waals surface area contributed by atoms with E-state index in [0.717, 1.165) is 13.1 Å². The molecule has 1 N–H and O–H groups in total. The quantitative estimate of drug-likeness (QED) is 0.557. The van der Waals surface area contributed by atoms with Crippen molar-refractivity contribution in [1.29, 1.82) is 0 Å². The van der Waals surface area contributed by atoms with Gasteiger partial charge in [-0.3, -0.25) is 9.63 Å². The first-order valence-electron chi connectivity index (χ1n) is 3.63. The average molecular weight is 158 g/mol. The Labute approximate surface area is 66.5 Å². The van der Waals surface area contributed by atoms with Gasteiger partial charge >= 0.3 is 0 Å². The predicted molar refractivity (Wildman–Crippen MR) is 40.8 cm³/mol. The van der Waals surface area contributed by atoms with Crippen LogP contribution in [0.15, 0.2) is 0 Å². The fraction of sp³-hybridized carbons (Fsp3) is 0.857. The van der Waals surface area contributed by atoms with Crippen LogP contribution in [0.3, 0.4) is 0 Å². The van der Waals surface area contributed by atoms with E-state index in [1.165, 1.54) is 12.2 Å². The van der Waals surface area contributed by atoms with E-state index in [9.17, 15) is 4.79 Å². The molecule has 4 nitrogen and oxygen atoms in total. The van der Waals surface area contributed by atoms with Gasteiger partial charge < -0.3 is 5.32 Å². The summed E-state index contributed by atoms with van der Waals surface area (Å²) >= 11 is 0. The highest BCUT2D eigenvalue weighted by molar-refractivity contribution is 5.82. The summed E-state index contributed by atoms with van der Waals surface area (Å²) in [5, 5.41) is 4.34. The lowest BCUT2D eigenvalue weighted by atomic mass is 9.83. The molecule has 4 heteroatoms.